The van der Waals surface area contributed by atoms with E-state index in [1.165, 1.54) is 39.1 Å². The third-order valence-corrected chi connectivity index (χ3v) is 6.50. The minimum Gasteiger partial charge on any atom is -0.439 e. The minimum absolute atomic E-state index is 0.103. The van der Waals surface area contributed by atoms with Crippen LogP contribution in [-0.4, -0.2) is 0 Å². The topological polar surface area (TPSA) is 16.4 Å². The Morgan fingerprint density at radius 1 is 0.750 bits per heavy atom. The molecule has 0 radical (unpaired) electrons. The van der Waals surface area contributed by atoms with Gasteiger partial charge in [0.1, 0.15) is 5.58 Å². The van der Waals surface area contributed by atoms with Gasteiger partial charge in [0, 0.05) is 10.9 Å². The van der Waals surface area contributed by atoms with Crippen molar-refractivity contribution >= 4 is 40.4 Å². The van der Waals surface area contributed by atoms with Crippen molar-refractivity contribution in [2.24, 2.45) is 0 Å². The molecule has 0 bridgehead atoms. The lowest BCUT2D eigenvalue weighted by molar-refractivity contribution is 0.589. The quantitative estimate of drug-likeness (QED) is 0.269. The molecule has 32 heavy (non-hydrogen) atoms. The SMILES string of the molecule is Cc1ccc2c(c1)C=Cc1c(oc3ccc(C)cc13)N2c1c(C)cc(C(C)(C)C)cc1C. The van der Waals surface area contributed by atoms with E-state index < -0.39 is 0 Å². The molecule has 0 spiro atoms. The zero-order chi connectivity index (χ0) is 22.8. The minimum atomic E-state index is 0.103. The second-order valence-electron chi connectivity index (χ2n) is 10.3. The van der Waals surface area contributed by atoms with Crippen LogP contribution in [0.3, 0.4) is 0 Å². The number of hydrogen-bond donors (Lipinski definition) is 0. The average molecular weight is 422 g/mol. The van der Waals surface area contributed by atoms with Gasteiger partial charge < -0.3 is 4.42 Å². The summed E-state index contributed by atoms with van der Waals surface area (Å²) in [7, 11) is 0. The molecule has 0 amide bonds. The normalized spacial score (nSPS) is 13.3. The standard InChI is InChI=1S/C30H31NO/c1-18-8-12-26-22(14-18)10-11-24-25-15-19(2)9-13-27(25)32-29(24)31(26)28-20(3)16-23(17-21(28)4)30(5,6)7/h8-17H,1-7H3. The number of furan rings is 1. The summed E-state index contributed by atoms with van der Waals surface area (Å²) in [5.74, 6) is 0.888. The summed E-state index contributed by atoms with van der Waals surface area (Å²) in [5, 5.41) is 1.16. The van der Waals surface area contributed by atoms with E-state index in [2.05, 4.69) is 114 Å². The highest BCUT2D eigenvalue weighted by molar-refractivity contribution is 6.02. The molecule has 0 aliphatic carbocycles. The zero-order valence-electron chi connectivity index (χ0n) is 20.1. The number of fused-ring (bicyclic) bond motifs is 4. The average Bonchev–Trinajstić information content (AvgIpc) is 2.98. The van der Waals surface area contributed by atoms with Gasteiger partial charge in [0.25, 0.3) is 0 Å². The number of benzene rings is 3. The largest absolute Gasteiger partial charge is 0.439 e. The number of nitrogens with zero attached hydrogens (tertiary/aromatic N) is 1. The predicted molar refractivity (Wildman–Crippen MR) is 137 cm³/mol. The van der Waals surface area contributed by atoms with Gasteiger partial charge in [0.2, 0.25) is 5.88 Å². The highest BCUT2D eigenvalue weighted by Gasteiger charge is 2.28. The summed E-state index contributed by atoms with van der Waals surface area (Å²) in [5.41, 5.74) is 12.1. The smallest absolute Gasteiger partial charge is 0.213 e. The first-order valence-corrected chi connectivity index (χ1v) is 11.4. The lowest BCUT2D eigenvalue weighted by Gasteiger charge is -2.29. The molecule has 2 nitrogen and oxygen atoms in total. The number of anilines is 3. The van der Waals surface area contributed by atoms with E-state index in [1.807, 2.05) is 0 Å². The second kappa shape index (κ2) is 7.13. The Labute approximate surface area is 191 Å². The van der Waals surface area contributed by atoms with Crippen molar-refractivity contribution in [1.82, 2.24) is 0 Å². The molecule has 1 aromatic heterocycles. The lowest BCUT2D eigenvalue weighted by Crippen LogP contribution is -2.16. The fraction of sp³-hybridized carbons (Fsp3) is 0.267. The Morgan fingerprint density at radius 2 is 1.41 bits per heavy atom. The summed E-state index contributed by atoms with van der Waals surface area (Å²) in [6, 6.07) is 17.8. The van der Waals surface area contributed by atoms with Gasteiger partial charge in [0.15, 0.2) is 0 Å². The van der Waals surface area contributed by atoms with E-state index in [4.69, 9.17) is 4.42 Å². The van der Waals surface area contributed by atoms with Crippen molar-refractivity contribution in [3.63, 3.8) is 0 Å². The molecule has 2 heteroatoms. The van der Waals surface area contributed by atoms with Crippen LogP contribution in [0.2, 0.25) is 0 Å². The number of aryl methyl sites for hydroxylation is 4. The first-order valence-electron chi connectivity index (χ1n) is 11.4. The molecule has 4 aromatic rings. The zero-order valence-corrected chi connectivity index (χ0v) is 20.1. The van der Waals surface area contributed by atoms with Gasteiger partial charge in [-0.3, -0.25) is 4.90 Å². The van der Waals surface area contributed by atoms with Crippen LogP contribution in [0.5, 0.6) is 0 Å². The summed E-state index contributed by atoms with van der Waals surface area (Å²) in [6.45, 7) is 15.5. The van der Waals surface area contributed by atoms with Crippen molar-refractivity contribution in [2.75, 3.05) is 4.90 Å². The molecule has 5 rings (SSSR count). The maximum Gasteiger partial charge on any atom is 0.213 e. The Balaban J connectivity index is 1.85. The molecule has 0 saturated carbocycles. The molecule has 2 heterocycles. The first kappa shape index (κ1) is 20.6. The third kappa shape index (κ3) is 3.26. The van der Waals surface area contributed by atoms with Crippen molar-refractivity contribution < 1.29 is 4.42 Å². The highest BCUT2D eigenvalue weighted by atomic mass is 16.4. The highest BCUT2D eigenvalue weighted by Crippen LogP contribution is 2.48. The van der Waals surface area contributed by atoms with Gasteiger partial charge in [-0.15, -0.1) is 0 Å². The molecule has 1 aliphatic heterocycles. The molecule has 0 unspecified atom stereocenters. The van der Waals surface area contributed by atoms with Gasteiger partial charge in [-0.25, -0.2) is 0 Å². The monoisotopic (exact) mass is 421 g/mol. The first-order chi connectivity index (χ1) is 15.1. The molecular formula is C30H31NO. The Hall–Kier alpha value is -3.26. The van der Waals surface area contributed by atoms with Crippen molar-refractivity contribution in [3.8, 4) is 0 Å². The maximum atomic E-state index is 6.56. The Morgan fingerprint density at radius 3 is 2.09 bits per heavy atom. The van der Waals surface area contributed by atoms with Crippen LogP contribution in [0.15, 0.2) is 52.9 Å². The van der Waals surface area contributed by atoms with Crippen LogP contribution >= 0.6 is 0 Å². The van der Waals surface area contributed by atoms with Crippen molar-refractivity contribution in [1.29, 1.82) is 0 Å². The van der Waals surface area contributed by atoms with E-state index in [9.17, 15) is 0 Å². The molecular weight excluding hydrogens is 390 g/mol. The maximum absolute atomic E-state index is 6.56. The molecule has 162 valence electrons. The summed E-state index contributed by atoms with van der Waals surface area (Å²) >= 11 is 0. The van der Waals surface area contributed by atoms with Crippen LogP contribution < -0.4 is 4.90 Å². The van der Waals surface area contributed by atoms with E-state index in [0.717, 1.165) is 28.1 Å². The van der Waals surface area contributed by atoms with Gasteiger partial charge in [0.05, 0.1) is 11.4 Å². The van der Waals surface area contributed by atoms with Gasteiger partial charge in [-0.05, 0) is 85.7 Å². The van der Waals surface area contributed by atoms with E-state index in [0.29, 0.717) is 0 Å². The van der Waals surface area contributed by atoms with Crippen molar-refractivity contribution in [2.45, 2.75) is 53.9 Å². The molecule has 0 fully saturated rings. The molecule has 0 atom stereocenters. The molecule has 3 aromatic carbocycles. The van der Waals surface area contributed by atoms with Crippen LogP contribution in [0.4, 0.5) is 17.3 Å². The number of rotatable bonds is 1. The Bertz CT molecular complexity index is 1370. The van der Waals surface area contributed by atoms with E-state index in [-0.39, 0.29) is 5.41 Å². The van der Waals surface area contributed by atoms with E-state index in [1.54, 1.807) is 0 Å². The van der Waals surface area contributed by atoms with Crippen LogP contribution in [0.25, 0.3) is 23.1 Å². The Kier molecular flexibility index (Phi) is 4.60. The fourth-order valence-electron chi connectivity index (χ4n) is 4.80. The van der Waals surface area contributed by atoms with Gasteiger partial charge in [-0.2, -0.15) is 0 Å². The second-order valence-corrected chi connectivity index (χ2v) is 10.3. The van der Waals surface area contributed by atoms with Crippen molar-refractivity contribution in [3.05, 3.63) is 87.5 Å². The lowest BCUT2D eigenvalue weighted by atomic mass is 9.84. The summed E-state index contributed by atoms with van der Waals surface area (Å²) < 4.78 is 6.56. The fourth-order valence-corrected chi connectivity index (χ4v) is 4.80. The molecule has 0 saturated heterocycles. The number of hydrogen-bond acceptors (Lipinski definition) is 2. The molecule has 0 N–H and O–H groups in total. The third-order valence-electron chi connectivity index (χ3n) is 6.50. The predicted octanol–water partition coefficient (Wildman–Crippen LogP) is 8.92. The van der Waals surface area contributed by atoms with Gasteiger partial charge >= 0.3 is 0 Å². The van der Waals surface area contributed by atoms with Gasteiger partial charge in [-0.1, -0.05) is 62.2 Å². The van der Waals surface area contributed by atoms with Crippen LogP contribution in [-0.2, 0) is 5.41 Å². The molecule has 1 aliphatic rings. The summed E-state index contributed by atoms with van der Waals surface area (Å²) in [4.78, 5) is 2.33. The van der Waals surface area contributed by atoms with Crippen LogP contribution in [0, 0.1) is 27.7 Å². The van der Waals surface area contributed by atoms with E-state index >= 15 is 0 Å². The summed E-state index contributed by atoms with van der Waals surface area (Å²) in [6.07, 6.45) is 4.44. The van der Waals surface area contributed by atoms with Crippen LogP contribution in [0.1, 0.15) is 59.7 Å².